The highest BCUT2D eigenvalue weighted by molar-refractivity contribution is 5.73. The lowest BCUT2D eigenvalue weighted by Crippen LogP contribution is -2.43. The maximum absolute atomic E-state index is 11.1. The summed E-state index contributed by atoms with van der Waals surface area (Å²) in [4.78, 5) is 13.4. The molecule has 0 bridgehead atoms. The fraction of sp³-hybridized carbons (Fsp3) is 0.923. The SMILES string of the molecule is CCN(CC1CCNCC1)CC(C)(C)C(=O)O. The van der Waals surface area contributed by atoms with Gasteiger partial charge in [0.2, 0.25) is 0 Å². The Morgan fingerprint density at radius 3 is 2.47 bits per heavy atom. The van der Waals surface area contributed by atoms with Crippen LogP contribution in [-0.2, 0) is 4.79 Å². The Morgan fingerprint density at radius 2 is 2.00 bits per heavy atom. The van der Waals surface area contributed by atoms with Gasteiger partial charge in [0.05, 0.1) is 5.41 Å². The van der Waals surface area contributed by atoms with Crippen molar-refractivity contribution in [2.24, 2.45) is 11.3 Å². The van der Waals surface area contributed by atoms with Crippen LogP contribution in [0.15, 0.2) is 0 Å². The van der Waals surface area contributed by atoms with Crippen molar-refractivity contribution in [2.45, 2.75) is 33.6 Å². The monoisotopic (exact) mass is 242 g/mol. The molecule has 0 aromatic heterocycles. The van der Waals surface area contributed by atoms with Gasteiger partial charge in [0.25, 0.3) is 0 Å². The molecule has 0 aliphatic carbocycles. The van der Waals surface area contributed by atoms with Crippen LogP contribution >= 0.6 is 0 Å². The summed E-state index contributed by atoms with van der Waals surface area (Å²) in [5.74, 6) is 0.0158. The van der Waals surface area contributed by atoms with E-state index in [-0.39, 0.29) is 0 Å². The average Bonchev–Trinajstić information content (AvgIpc) is 2.29. The zero-order valence-corrected chi connectivity index (χ0v) is 11.3. The number of carbonyl (C=O) groups is 1. The molecule has 4 heteroatoms. The highest BCUT2D eigenvalue weighted by atomic mass is 16.4. The van der Waals surface area contributed by atoms with Crippen molar-refractivity contribution in [1.29, 1.82) is 0 Å². The van der Waals surface area contributed by atoms with Crippen LogP contribution in [0.3, 0.4) is 0 Å². The second-order valence-corrected chi connectivity index (χ2v) is 5.71. The van der Waals surface area contributed by atoms with Crippen LogP contribution < -0.4 is 5.32 Å². The van der Waals surface area contributed by atoms with Crippen LogP contribution in [0.25, 0.3) is 0 Å². The Morgan fingerprint density at radius 1 is 1.41 bits per heavy atom. The van der Waals surface area contributed by atoms with Gasteiger partial charge in [-0.25, -0.2) is 0 Å². The first kappa shape index (κ1) is 14.5. The number of carboxylic acid groups (broad SMARTS) is 1. The number of rotatable bonds is 6. The molecule has 0 saturated carbocycles. The summed E-state index contributed by atoms with van der Waals surface area (Å²) in [5, 5.41) is 12.5. The number of hydrogen-bond donors (Lipinski definition) is 2. The molecule has 1 aliphatic heterocycles. The van der Waals surface area contributed by atoms with Crippen molar-refractivity contribution in [1.82, 2.24) is 10.2 Å². The number of nitrogens with zero attached hydrogens (tertiary/aromatic N) is 1. The van der Waals surface area contributed by atoms with E-state index in [0.29, 0.717) is 6.54 Å². The molecule has 1 saturated heterocycles. The zero-order chi connectivity index (χ0) is 12.9. The molecule has 0 aromatic carbocycles. The third-order valence-corrected chi connectivity index (χ3v) is 3.62. The van der Waals surface area contributed by atoms with Crippen molar-refractivity contribution in [3.05, 3.63) is 0 Å². The predicted molar refractivity (Wildman–Crippen MR) is 69.1 cm³/mol. The van der Waals surface area contributed by atoms with Crippen LogP contribution in [-0.4, -0.2) is 48.7 Å². The van der Waals surface area contributed by atoms with Crippen molar-refractivity contribution in [2.75, 3.05) is 32.7 Å². The minimum absolute atomic E-state index is 0.642. The molecular formula is C13H26N2O2. The van der Waals surface area contributed by atoms with E-state index in [4.69, 9.17) is 5.11 Å². The molecule has 1 rings (SSSR count). The van der Waals surface area contributed by atoms with Gasteiger partial charge < -0.3 is 15.3 Å². The van der Waals surface area contributed by atoms with E-state index in [9.17, 15) is 4.79 Å². The van der Waals surface area contributed by atoms with E-state index in [1.165, 1.54) is 12.8 Å². The van der Waals surface area contributed by atoms with E-state index in [1.54, 1.807) is 13.8 Å². The van der Waals surface area contributed by atoms with Gasteiger partial charge in [-0.15, -0.1) is 0 Å². The lowest BCUT2D eigenvalue weighted by Gasteiger charge is -2.33. The van der Waals surface area contributed by atoms with Crippen molar-refractivity contribution in [3.8, 4) is 0 Å². The lowest BCUT2D eigenvalue weighted by molar-refractivity contribution is -0.148. The van der Waals surface area contributed by atoms with E-state index in [2.05, 4.69) is 17.1 Å². The topological polar surface area (TPSA) is 52.6 Å². The van der Waals surface area contributed by atoms with Gasteiger partial charge in [0.15, 0.2) is 0 Å². The highest BCUT2D eigenvalue weighted by Crippen LogP contribution is 2.20. The number of nitrogens with one attached hydrogen (secondary N) is 1. The normalized spacial score (nSPS) is 18.6. The van der Waals surface area contributed by atoms with Gasteiger partial charge in [-0.05, 0) is 52.2 Å². The first-order valence-electron chi connectivity index (χ1n) is 6.62. The van der Waals surface area contributed by atoms with Gasteiger partial charge in [0, 0.05) is 13.1 Å². The van der Waals surface area contributed by atoms with Crippen LogP contribution in [0.1, 0.15) is 33.6 Å². The summed E-state index contributed by atoms with van der Waals surface area (Å²) in [6.45, 7) is 10.5. The molecule has 1 fully saturated rings. The maximum Gasteiger partial charge on any atom is 0.310 e. The molecule has 1 heterocycles. The van der Waals surface area contributed by atoms with Crippen LogP contribution in [0, 0.1) is 11.3 Å². The molecule has 0 amide bonds. The molecule has 2 N–H and O–H groups in total. The lowest BCUT2D eigenvalue weighted by atomic mass is 9.91. The largest absolute Gasteiger partial charge is 0.481 e. The molecule has 100 valence electrons. The Labute approximate surface area is 104 Å². The number of hydrogen-bond acceptors (Lipinski definition) is 3. The molecular weight excluding hydrogens is 216 g/mol. The average molecular weight is 242 g/mol. The zero-order valence-electron chi connectivity index (χ0n) is 11.3. The first-order valence-corrected chi connectivity index (χ1v) is 6.62. The number of carboxylic acids is 1. The molecule has 0 aromatic rings. The molecule has 1 aliphatic rings. The molecule has 0 unspecified atom stereocenters. The summed E-state index contributed by atoms with van der Waals surface area (Å²) < 4.78 is 0. The standard InChI is InChI=1S/C13H26N2O2/c1-4-15(10-13(2,3)12(16)17)9-11-5-7-14-8-6-11/h11,14H,4-10H2,1-3H3,(H,16,17). The van der Waals surface area contributed by atoms with Crippen LogP contribution in [0.5, 0.6) is 0 Å². The van der Waals surface area contributed by atoms with Crippen molar-refractivity contribution in [3.63, 3.8) is 0 Å². The Kier molecular flexibility index (Phi) is 5.40. The smallest absolute Gasteiger partial charge is 0.310 e. The summed E-state index contributed by atoms with van der Waals surface area (Å²) in [5.41, 5.74) is -0.650. The predicted octanol–water partition coefficient (Wildman–Crippen LogP) is 1.42. The summed E-state index contributed by atoms with van der Waals surface area (Å²) in [6, 6.07) is 0. The maximum atomic E-state index is 11.1. The van der Waals surface area contributed by atoms with Crippen molar-refractivity contribution >= 4 is 5.97 Å². The van der Waals surface area contributed by atoms with Gasteiger partial charge in [0.1, 0.15) is 0 Å². The summed E-state index contributed by atoms with van der Waals surface area (Å²) >= 11 is 0. The molecule has 0 atom stereocenters. The van der Waals surface area contributed by atoms with Gasteiger partial charge in [-0.2, -0.15) is 0 Å². The Hall–Kier alpha value is -0.610. The van der Waals surface area contributed by atoms with Gasteiger partial charge in [-0.1, -0.05) is 6.92 Å². The molecule has 0 radical (unpaired) electrons. The van der Waals surface area contributed by atoms with Crippen molar-refractivity contribution < 1.29 is 9.90 Å². The molecule has 17 heavy (non-hydrogen) atoms. The fourth-order valence-corrected chi connectivity index (χ4v) is 2.36. The Balaban J connectivity index is 2.44. The third kappa shape index (κ3) is 4.64. The third-order valence-electron chi connectivity index (χ3n) is 3.62. The molecule has 4 nitrogen and oxygen atoms in total. The quantitative estimate of drug-likeness (QED) is 0.739. The summed E-state index contributed by atoms with van der Waals surface area (Å²) in [6.07, 6.45) is 2.42. The first-order chi connectivity index (χ1) is 7.95. The summed E-state index contributed by atoms with van der Waals surface area (Å²) in [7, 11) is 0. The van der Waals surface area contributed by atoms with E-state index in [0.717, 1.165) is 32.1 Å². The molecule has 0 spiro atoms. The van der Waals surface area contributed by atoms with Crippen LogP contribution in [0.2, 0.25) is 0 Å². The highest BCUT2D eigenvalue weighted by Gasteiger charge is 2.30. The van der Waals surface area contributed by atoms with E-state index in [1.807, 2.05) is 0 Å². The van der Waals surface area contributed by atoms with E-state index < -0.39 is 11.4 Å². The number of aliphatic carboxylic acids is 1. The van der Waals surface area contributed by atoms with Gasteiger partial charge >= 0.3 is 5.97 Å². The second-order valence-electron chi connectivity index (χ2n) is 5.71. The minimum Gasteiger partial charge on any atom is -0.481 e. The van der Waals surface area contributed by atoms with E-state index >= 15 is 0 Å². The Bertz CT molecular complexity index is 248. The van der Waals surface area contributed by atoms with Gasteiger partial charge in [-0.3, -0.25) is 4.79 Å². The van der Waals surface area contributed by atoms with Crippen LogP contribution in [0.4, 0.5) is 0 Å². The minimum atomic E-state index is -0.707. The fourth-order valence-electron chi connectivity index (χ4n) is 2.36. The number of piperidine rings is 1. The second kappa shape index (κ2) is 6.36.